The second-order valence-electron chi connectivity index (χ2n) is 8.02. The lowest BCUT2D eigenvalue weighted by Crippen LogP contribution is -2.29. The van der Waals surface area contributed by atoms with Crippen LogP contribution in [0.1, 0.15) is 55.1 Å². The van der Waals surface area contributed by atoms with Crippen LogP contribution in [0, 0.1) is 0 Å². The van der Waals surface area contributed by atoms with Gasteiger partial charge in [-0.15, -0.1) is 0 Å². The summed E-state index contributed by atoms with van der Waals surface area (Å²) in [7, 11) is 1.68. The highest BCUT2D eigenvalue weighted by molar-refractivity contribution is 7.80. The van der Waals surface area contributed by atoms with Gasteiger partial charge in [0.25, 0.3) is 0 Å². The summed E-state index contributed by atoms with van der Waals surface area (Å²) in [5.74, 6) is 0.835. The number of hydrogen-bond donors (Lipinski definition) is 1. The van der Waals surface area contributed by atoms with Crippen LogP contribution in [0.3, 0.4) is 0 Å². The lowest BCUT2D eigenvalue weighted by molar-refractivity contribution is 0.415. The third-order valence-corrected chi connectivity index (χ3v) is 6.59. The van der Waals surface area contributed by atoms with E-state index in [1.165, 1.54) is 31.2 Å². The molecule has 0 unspecified atom stereocenters. The lowest BCUT2D eigenvalue weighted by Gasteiger charge is -2.27. The summed E-state index contributed by atoms with van der Waals surface area (Å²) in [5.41, 5.74) is 3.29. The minimum Gasteiger partial charge on any atom is -0.497 e. The summed E-state index contributed by atoms with van der Waals surface area (Å²) in [6, 6.07) is 17.0. The van der Waals surface area contributed by atoms with Crippen molar-refractivity contribution in [2.24, 2.45) is 0 Å². The molecule has 6 heteroatoms. The van der Waals surface area contributed by atoms with E-state index in [0.717, 1.165) is 22.2 Å². The van der Waals surface area contributed by atoms with E-state index in [1.54, 1.807) is 7.11 Å². The zero-order valence-electron chi connectivity index (χ0n) is 17.1. The molecule has 1 aliphatic carbocycles. The molecule has 0 radical (unpaired) electrons. The first kappa shape index (κ1) is 19.1. The topological polar surface area (TPSA) is 42.3 Å². The van der Waals surface area contributed by atoms with Gasteiger partial charge >= 0.3 is 0 Å². The van der Waals surface area contributed by atoms with Gasteiger partial charge in [0.2, 0.25) is 0 Å². The van der Waals surface area contributed by atoms with E-state index >= 15 is 0 Å². The Morgan fingerprint density at radius 3 is 2.57 bits per heavy atom. The third kappa shape index (κ3) is 3.45. The van der Waals surface area contributed by atoms with Crippen LogP contribution in [-0.4, -0.2) is 21.8 Å². The predicted molar refractivity (Wildman–Crippen MR) is 123 cm³/mol. The lowest BCUT2D eigenvalue weighted by atomic mass is 9.98. The van der Waals surface area contributed by atoms with E-state index < -0.39 is 0 Å². The number of nitrogens with zero attached hydrogens (tertiary/aromatic N) is 3. The van der Waals surface area contributed by atoms with E-state index in [4.69, 9.17) is 17.0 Å². The molecule has 3 heterocycles. The second-order valence-corrected chi connectivity index (χ2v) is 8.41. The van der Waals surface area contributed by atoms with Crippen molar-refractivity contribution in [3.8, 4) is 5.75 Å². The standard InChI is InChI=1S/C24H26N4OS/c1-29-20-11-9-19(10-12-20)28-23(17-13-15-27(16-17)18-6-2-3-7-18)22(26-24(28)30)21-8-4-5-14-25-21/h4-5,8-16,18,22-23H,2-3,6-7H2,1H3,(H,26,30)/t22-,23+/m0/s1. The smallest absolute Gasteiger partial charge is 0.174 e. The molecule has 3 aromatic rings. The van der Waals surface area contributed by atoms with Crippen LogP contribution >= 0.6 is 12.2 Å². The Morgan fingerprint density at radius 1 is 1.07 bits per heavy atom. The molecular formula is C24H26N4OS. The zero-order valence-corrected chi connectivity index (χ0v) is 17.9. The van der Waals surface area contributed by atoms with E-state index in [0.29, 0.717) is 6.04 Å². The molecule has 0 spiro atoms. The van der Waals surface area contributed by atoms with Crippen LogP contribution in [0.4, 0.5) is 5.69 Å². The first-order chi connectivity index (χ1) is 14.7. The molecule has 2 aromatic heterocycles. The van der Waals surface area contributed by atoms with Gasteiger partial charge in [0.05, 0.1) is 24.9 Å². The van der Waals surface area contributed by atoms with Crippen molar-refractivity contribution in [1.29, 1.82) is 0 Å². The first-order valence-corrected chi connectivity index (χ1v) is 11.0. The first-order valence-electron chi connectivity index (χ1n) is 10.6. The van der Waals surface area contributed by atoms with Crippen LogP contribution in [0.25, 0.3) is 0 Å². The predicted octanol–water partition coefficient (Wildman–Crippen LogP) is 5.18. The molecule has 2 fully saturated rings. The number of ether oxygens (including phenoxy) is 1. The quantitative estimate of drug-likeness (QED) is 0.578. The van der Waals surface area contributed by atoms with Gasteiger partial charge in [0, 0.05) is 30.3 Å². The van der Waals surface area contributed by atoms with Crippen molar-refractivity contribution in [2.45, 2.75) is 43.8 Å². The van der Waals surface area contributed by atoms with Gasteiger partial charge in [-0.1, -0.05) is 18.9 Å². The maximum atomic E-state index is 5.80. The number of benzene rings is 1. The number of aromatic nitrogens is 2. The molecule has 1 N–H and O–H groups in total. The summed E-state index contributed by atoms with van der Waals surface area (Å²) >= 11 is 5.80. The molecule has 5 nitrogen and oxygen atoms in total. The minimum atomic E-state index is -0.0137. The van der Waals surface area contributed by atoms with Gasteiger partial charge in [-0.2, -0.15) is 0 Å². The number of nitrogens with one attached hydrogen (secondary N) is 1. The molecule has 1 saturated heterocycles. The Kier molecular flexibility index (Phi) is 5.17. The van der Waals surface area contributed by atoms with Gasteiger partial charge < -0.3 is 19.5 Å². The monoisotopic (exact) mass is 418 g/mol. The second kappa shape index (κ2) is 8.11. The average molecular weight is 419 g/mol. The molecule has 0 amide bonds. The highest BCUT2D eigenvalue weighted by atomic mass is 32.1. The number of pyridine rings is 1. The number of hydrogen-bond acceptors (Lipinski definition) is 3. The fraction of sp³-hybridized carbons (Fsp3) is 0.333. The summed E-state index contributed by atoms with van der Waals surface area (Å²) < 4.78 is 7.73. The Bertz CT molecular complexity index is 1010. The average Bonchev–Trinajstić information content (AvgIpc) is 3.54. The summed E-state index contributed by atoms with van der Waals surface area (Å²) in [4.78, 5) is 6.85. The largest absolute Gasteiger partial charge is 0.497 e. The van der Waals surface area contributed by atoms with Crippen LogP contribution in [0.15, 0.2) is 67.1 Å². The summed E-state index contributed by atoms with van der Waals surface area (Å²) in [6.45, 7) is 0. The fourth-order valence-corrected chi connectivity index (χ4v) is 5.10. The highest BCUT2D eigenvalue weighted by Gasteiger charge is 2.41. The Balaban J connectivity index is 1.55. The van der Waals surface area contributed by atoms with Crippen molar-refractivity contribution in [2.75, 3.05) is 12.0 Å². The third-order valence-electron chi connectivity index (χ3n) is 6.27. The van der Waals surface area contributed by atoms with Gasteiger partial charge in [0.15, 0.2) is 5.11 Å². The molecule has 5 rings (SSSR count). The van der Waals surface area contributed by atoms with Crippen LogP contribution in [0.2, 0.25) is 0 Å². The van der Waals surface area contributed by atoms with E-state index in [2.05, 4.69) is 56.4 Å². The number of thiocarbonyl (C=S) groups is 1. The maximum Gasteiger partial charge on any atom is 0.174 e. The normalized spacial score (nSPS) is 21.8. The van der Waals surface area contributed by atoms with Crippen molar-refractivity contribution in [3.05, 3.63) is 78.4 Å². The molecular weight excluding hydrogens is 392 g/mol. The number of anilines is 1. The molecule has 30 heavy (non-hydrogen) atoms. The summed E-state index contributed by atoms with van der Waals surface area (Å²) in [6.07, 6.45) is 11.6. The molecule has 2 atom stereocenters. The maximum absolute atomic E-state index is 5.80. The number of methoxy groups -OCH3 is 1. The zero-order chi connectivity index (χ0) is 20.5. The van der Waals surface area contributed by atoms with Gasteiger partial charge in [-0.25, -0.2) is 0 Å². The highest BCUT2D eigenvalue weighted by Crippen LogP contribution is 2.42. The van der Waals surface area contributed by atoms with Crippen molar-refractivity contribution >= 4 is 23.0 Å². The van der Waals surface area contributed by atoms with Crippen LogP contribution < -0.4 is 15.0 Å². The Hall–Kier alpha value is -2.86. The molecule has 154 valence electrons. The SMILES string of the molecule is COc1ccc(N2C(=S)N[C@@H](c3ccccn3)[C@H]2c2ccn(C3CCCC3)c2)cc1. The van der Waals surface area contributed by atoms with Crippen molar-refractivity contribution < 1.29 is 4.74 Å². The van der Waals surface area contributed by atoms with Crippen LogP contribution in [-0.2, 0) is 0 Å². The Morgan fingerprint density at radius 2 is 1.87 bits per heavy atom. The molecule has 1 saturated carbocycles. The van der Waals surface area contributed by atoms with E-state index in [1.807, 2.05) is 30.5 Å². The van der Waals surface area contributed by atoms with Crippen molar-refractivity contribution in [1.82, 2.24) is 14.9 Å². The van der Waals surface area contributed by atoms with Crippen LogP contribution in [0.5, 0.6) is 5.75 Å². The van der Waals surface area contributed by atoms with Gasteiger partial charge in [-0.3, -0.25) is 4.98 Å². The van der Waals surface area contributed by atoms with Crippen molar-refractivity contribution in [3.63, 3.8) is 0 Å². The molecule has 1 aromatic carbocycles. The van der Waals surface area contributed by atoms with Gasteiger partial charge in [-0.05, 0) is 73.1 Å². The van der Waals surface area contributed by atoms with Gasteiger partial charge in [0.1, 0.15) is 5.75 Å². The molecule has 2 aliphatic rings. The minimum absolute atomic E-state index is 0.0137. The summed E-state index contributed by atoms with van der Waals surface area (Å²) in [5, 5.41) is 4.25. The Labute approximate surface area is 182 Å². The molecule has 1 aliphatic heterocycles. The van der Waals surface area contributed by atoms with E-state index in [-0.39, 0.29) is 12.1 Å². The number of rotatable bonds is 5. The fourth-order valence-electron chi connectivity index (χ4n) is 4.75. The van der Waals surface area contributed by atoms with E-state index in [9.17, 15) is 0 Å². The molecule has 0 bridgehead atoms.